The molecule has 0 atom stereocenters. The van der Waals surface area contributed by atoms with E-state index in [1.54, 1.807) is 11.0 Å². The summed E-state index contributed by atoms with van der Waals surface area (Å²) in [6, 6.07) is 5.43. The second kappa shape index (κ2) is 7.12. The largest absolute Gasteiger partial charge is 0.337 e. The number of hydrogen-bond acceptors (Lipinski definition) is 5. The van der Waals surface area contributed by atoms with Crippen molar-refractivity contribution in [2.45, 2.75) is 13.3 Å². The maximum absolute atomic E-state index is 12.1. The summed E-state index contributed by atoms with van der Waals surface area (Å²) in [5.74, 6) is 1.57. The number of hydrogen-bond donors (Lipinski definition) is 2. The van der Waals surface area contributed by atoms with Crippen molar-refractivity contribution >= 4 is 11.7 Å². The fourth-order valence-electron chi connectivity index (χ4n) is 2.54. The van der Waals surface area contributed by atoms with E-state index in [-0.39, 0.29) is 6.03 Å². The van der Waals surface area contributed by atoms with Gasteiger partial charge in [0, 0.05) is 38.3 Å². The fourth-order valence-corrected chi connectivity index (χ4v) is 2.54. The lowest BCUT2D eigenvalue weighted by molar-refractivity contribution is 0.252. The Hall–Kier alpha value is -3.23. The third-order valence-electron chi connectivity index (χ3n) is 3.97. The molecule has 130 valence electrons. The van der Waals surface area contributed by atoms with Crippen LogP contribution in [-0.4, -0.2) is 42.1 Å². The molecule has 0 aliphatic heterocycles. The third kappa shape index (κ3) is 3.65. The summed E-state index contributed by atoms with van der Waals surface area (Å²) >= 11 is 0. The molecule has 0 fully saturated rings. The Morgan fingerprint density at radius 2 is 2.12 bits per heavy atom. The van der Waals surface area contributed by atoms with Crippen LogP contribution >= 0.6 is 0 Å². The van der Waals surface area contributed by atoms with E-state index >= 15 is 0 Å². The topological polar surface area (TPSA) is 103 Å². The van der Waals surface area contributed by atoms with Crippen LogP contribution in [0.15, 0.2) is 30.9 Å². The maximum atomic E-state index is 12.1. The maximum Gasteiger partial charge on any atom is 0.319 e. The number of nitrogens with one attached hydrogen (secondary N) is 2. The molecule has 2 aromatic heterocycles. The molecular formula is C16H20N8O. The Bertz CT molecular complexity index is 882. The van der Waals surface area contributed by atoms with Gasteiger partial charge in [0.05, 0.1) is 0 Å². The number of rotatable bonds is 5. The first-order valence-electron chi connectivity index (χ1n) is 7.88. The molecule has 0 radical (unpaired) electrons. The van der Waals surface area contributed by atoms with Crippen molar-refractivity contribution in [1.29, 1.82) is 0 Å². The number of urea groups is 1. The summed E-state index contributed by atoms with van der Waals surface area (Å²) in [4.78, 5) is 16.3. The van der Waals surface area contributed by atoms with Crippen LogP contribution < -0.4 is 10.6 Å². The van der Waals surface area contributed by atoms with Crippen molar-refractivity contribution in [3.63, 3.8) is 0 Å². The number of aryl methyl sites for hydroxylation is 2. The van der Waals surface area contributed by atoms with Crippen LogP contribution in [0.1, 0.15) is 11.4 Å². The fraction of sp³-hybridized carbons (Fsp3) is 0.312. The number of benzene rings is 1. The van der Waals surface area contributed by atoms with E-state index in [9.17, 15) is 4.79 Å². The zero-order valence-corrected chi connectivity index (χ0v) is 14.4. The van der Waals surface area contributed by atoms with E-state index < -0.39 is 0 Å². The van der Waals surface area contributed by atoms with Gasteiger partial charge in [-0.1, -0.05) is 12.1 Å². The van der Waals surface area contributed by atoms with Gasteiger partial charge in [0.2, 0.25) is 0 Å². The lowest BCUT2D eigenvalue weighted by atomic mass is 10.1. The van der Waals surface area contributed by atoms with Crippen LogP contribution in [0.3, 0.4) is 0 Å². The molecule has 0 unspecified atom stereocenters. The second-order valence-electron chi connectivity index (χ2n) is 5.67. The van der Waals surface area contributed by atoms with E-state index in [2.05, 4.69) is 30.9 Å². The predicted octanol–water partition coefficient (Wildman–Crippen LogP) is 1.28. The monoisotopic (exact) mass is 340 g/mol. The van der Waals surface area contributed by atoms with Gasteiger partial charge in [-0.15, -0.1) is 10.2 Å². The average Bonchev–Trinajstić information content (AvgIpc) is 3.18. The van der Waals surface area contributed by atoms with Gasteiger partial charge in [0.1, 0.15) is 18.5 Å². The van der Waals surface area contributed by atoms with E-state index in [0.29, 0.717) is 13.0 Å². The summed E-state index contributed by atoms with van der Waals surface area (Å²) in [5, 5.41) is 17.7. The van der Waals surface area contributed by atoms with Crippen LogP contribution in [0.4, 0.5) is 10.5 Å². The van der Waals surface area contributed by atoms with Crippen molar-refractivity contribution in [3.05, 3.63) is 42.2 Å². The van der Waals surface area contributed by atoms with Crippen LogP contribution in [0.2, 0.25) is 0 Å². The number of amides is 2. The molecule has 0 spiro atoms. The van der Waals surface area contributed by atoms with Crippen molar-refractivity contribution in [1.82, 2.24) is 34.8 Å². The van der Waals surface area contributed by atoms with Crippen molar-refractivity contribution in [3.8, 4) is 11.4 Å². The first-order valence-corrected chi connectivity index (χ1v) is 7.88. The van der Waals surface area contributed by atoms with Gasteiger partial charge in [0.25, 0.3) is 0 Å². The Balaban J connectivity index is 1.64. The van der Waals surface area contributed by atoms with Crippen molar-refractivity contribution in [2.24, 2.45) is 14.1 Å². The number of carbonyl (C=O) groups excluding carboxylic acids is 1. The predicted molar refractivity (Wildman–Crippen MR) is 92.9 cm³/mol. The molecule has 2 heterocycles. The molecule has 2 amide bonds. The van der Waals surface area contributed by atoms with Gasteiger partial charge in [-0.2, -0.15) is 5.10 Å². The highest BCUT2D eigenvalue weighted by atomic mass is 16.2. The lowest BCUT2D eigenvalue weighted by Crippen LogP contribution is -2.31. The van der Waals surface area contributed by atoms with Gasteiger partial charge in [-0.05, 0) is 18.6 Å². The molecule has 0 saturated heterocycles. The minimum absolute atomic E-state index is 0.264. The van der Waals surface area contributed by atoms with Gasteiger partial charge in [-0.3, -0.25) is 4.68 Å². The van der Waals surface area contributed by atoms with E-state index in [4.69, 9.17) is 0 Å². The molecule has 3 aromatic rings. The Morgan fingerprint density at radius 1 is 1.28 bits per heavy atom. The molecule has 0 aliphatic carbocycles. The highest BCUT2D eigenvalue weighted by Gasteiger charge is 2.12. The van der Waals surface area contributed by atoms with E-state index in [1.807, 2.05) is 43.8 Å². The third-order valence-corrected chi connectivity index (χ3v) is 3.97. The Labute approximate surface area is 145 Å². The lowest BCUT2D eigenvalue weighted by Gasteiger charge is -2.12. The quantitative estimate of drug-likeness (QED) is 0.728. The Morgan fingerprint density at radius 3 is 2.80 bits per heavy atom. The van der Waals surface area contributed by atoms with Crippen molar-refractivity contribution < 1.29 is 4.79 Å². The highest BCUT2D eigenvalue weighted by molar-refractivity contribution is 5.91. The normalized spacial score (nSPS) is 10.7. The number of aromatic nitrogens is 6. The van der Waals surface area contributed by atoms with E-state index in [1.165, 1.54) is 6.33 Å². The molecule has 3 rings (SSSR count). The van der Waals surface area contributed by atoms with Gasteiger partial charge >= 0.3 is 6.03 Å². The summed E-state index contributed by atoms with van der Waals surface area (Å²) < 4.78 is 3.53. The summed E-state index contributed by atoms with van der Waals surface area (Å²) in [6.45, 7) is 2.42. The van der Waals surface area contributed by atoms with E-state index in [0.717, 1.165) is 28.5 Å². The van der Waals surface area contributed by atoms with Gasteiger partial charge < -0.3 is 15.2 Å². The standard InChI is InChI=1S/C16H20N8O/c1-11-12(15-22-19-10-23(15)2)5-4-6-13(11)21-16(25)17-8-7-14-18-9-20-24(14)3/h4-6,9-10H,7-8H2,1-3H3,(H2,17,21,25). The molecular weight excluding hydrogens is 320 g/mol. The van der Waals surface area contributed by atoms with Crippen molar-refractivity contribution in [2.75, 3.05) is 11.9 Å². The summed E-state index contributed by atoms with van der Waals surface area (Å²) in [5.41, 5.74) is 2.59. The molecule has 2 N–H and O–H groups in total. The zero-order valence-electron chi connectivity index (χ0n) is 14.4. The highest BCUT2D eigenvalue weighted by Crippen LogP contribution is 2.26. The number of carbonyl (C=O) groups is 1. The van der Waals surface area contributed by atoms with Crippen LogP contribution in [0.5, 0.6) is 0 Å². The minimum Gasteiger partial charge on any atom is -0.337 e. The molecule has 1 aromatic carbocycles. The molecule has 0 aliphatic rings. The summed E-state index contributed by atoms with van der Waals surface area (Å²) in [6.07, 6.45) is 3.76. The Kier molecular flexibility index (Phi) is 4.73. The molecule has 0 bridgehead atoms. The smallest absolute Gasteiger partial charge is 0.319 e. The number of anilines is 1. The van der Waals surface area contributed by atoms with Crippen LogP contribution in [0, 0.1) is 6.92 Å². The molecule has 25 heavy (non-hydrogen) atoms. The molecule has 0 saturated carbocycles. The molecule has 9 heteroatoms. The van der Waals surface area contributed by atoms with Gasteiger partial charge in [0.15, 0.2) is 5.82 Å². The first kappa shape index (κ1) is 16.6. The minimum atomic E-state index is -0.264. The zero-order chi connectivity index (χ0) is 17.8. The van der Waals surface area contributed by atoms with Crippen LogP contribution in [0.25, 0.3) is 11.4 Å². The number of nitrogens with zero attached hydrogens (tertiary/aromatic N) is 6. The molecule has 9 nitrogen and oxygen atoms in total. The second-order valence-corrected chi connectivity index (χ2v) is 5.67. The summed E-state index contributed by atoms with van der Waals surface area (Å²) in [7, 11) is 3.71. The van der Waals surface area contributed by atoms with Crippen LogP contribution in [-0.2, 0) is 20.5 Å². The average molecular weight is 340 g/mol. The van der Waals surface area contributed by atoms with Gasteiger partial charge in [-0.25, -0.2) is 9.78 Å². The SMILES string of the molecule is Cc1c(NC(=O)NCCc2ncnn2C)cccc1-c1nncn1C. The first-order chi connectivity index (χ1) is 12.1.